The third-order valence-electron chi connectivity index (χ3n) is 3.62. The lowest BCUT2D eigenvalue weighted by atomic mass is 10.2. The van der Waals surface area contributed by atoms with E-state index in [1.54, 1.807) is 42.6 Å². The van der Waals surface area contributed by atoms with Crippen LogP contribution in [0.4, 0.5) is 5.69 Å². The summed E-state index contributed by atoms with van der Waals surface area (Å²) >= 11 is 0. The molecule has 1 N–H and O–H groups in total. The maximum Gasteiger partial charge on any atom is 0.350 e. The zero-order chi connectivity index (χ0) is 18.5. The lowest BCUT2D eigenvalue weighted by Crippen LogP contribution is -2.28. The molecule has 0 aliphatic heterocycles. The van der Waals surface area contributed by atoms with Gasteiger partial charge in [-0.25, -0.2) is 9.48 Å². The first-order valence-electron chi connectivity index (χ1n) is 8.36. The number of hydrogen-bond donors (Lipinski definition) is 1. The van der Waals surface area contributed by atoms with E-state index in [2.05, 4.69) is 10.4 Å². The van der Waals surface area contributed by atoms with Gasteiger partial charge >= 0.3 is 5.69 Å². The molecule has 1 amide bonds. The van der Waals surface area contributed by atoms with Crippen molar-refractivity contribution < 1.29 is 14.3 Å². The number of pyridine rings is 1. The van der Waals surface area contributed by atoms with Crippen LogP contribution in [0.25, 0.3) is 5.65 Å². The van der Waals surface area contributed by atoms with Gasteiger partial charge in [-0.15, -0.1) is 5.10 Å². The number of fused-ring (bicyclic) bond motifs is 1. The van der Waals surface area contributed by atoms with Gasteiger partial charge in [0.1, 0.15) is 18.0 Å². The van der Waals surface area contributed by atoms with E-state index in [-0.39, 0.29) is 18.1 Å². The van der Waals surface area contributed by atoms with Crippen LogP contribution in [0.5, 0.6) is 11.5 Å². The molecule has 3 aromatic rings. The Labute approximate surface area is 150 Å². The minimum Gasteiger partial charge on any atom is -0.494 e. The summed E-state index contributed by atoms with van der Waals surface area (Å²) in [5, 5.41) is 6.91. The maximum absolute atomic E-state index is 12.4. The number of amides is 1. The van der Waals surface area contributed by atoms with Gasteiger partial charge in [0.2, 0.25) is 5.91 Å². The monoisotopic (exact) mass is 356 g/mol. The maximum atomic E-state index is 12.4. The molecule has 26 heavy (non-hydrogen) atoms. The van der Waals surface area contributed by atoms with E-state index >= 15 is 0 Å². The fourth-order valence-corrected chi connectivity index (χ4v) is 2.54. The second-order valence-electron chi connectivity index (χ2n) is 5.44. The van der Waals surface area contributed by atoms with Crippen LogP contribution < -0.4 is 20.5 Å². The van der Waals surface area contributed by atoms with Crippen LogP contribution in [-0.4, -0.2) is 33.3 Å². The largest absolute Gasteiger partial charge is 0.494 e. The van der Waals surface area contributed by atoms with E-state index in [4.69, 9.17) is 9.47 Å². The van der Waals surface area contributed by atoms with E-state index in [1.165, 1.54) is 4.40 Å². The summed E-state index contributed by atoms with van der Waals surface area (Å²) in [7, 11) is 0. The number of carbonyl (C=O) groups is 1. The number of nitrogens with one attached hydrogen (secondary N) is 1. The Morgan fingerprint density at radius 1 is 1.15 bits per heavy atom. The van der Waals surface area contributed by atoms with E-state index in [0.717, 1.165) is 4.68 Å². The summed E-state index contributed by atoms with van der Waals surface area (Å²) in [6, 6.07) is 10.4. The molecule has 0 unspecified atom stereocenters. The molecule has 2 aromatic heterocycles. The molecule has 0 saturated carbocycles. The highest BCUT2D eigenvalue weighted by Gasteiger charge is 2.13. The van der Waals surface area contributed by atoms with Crippen molar-refractivity contribution in [2.24, 2.45) is 0 Å². The molecule has 3 rings (SSSR count). The van der Waals surface area contributed by atoms with Crippen molar-refractivity contribution in [1.82, 2.24) is 14.2 Å². The Balaban J connectivity index is 1.81. The minimum absolute atomic E-state index is 0.203. The van der Waals surface area contributed by atoms with Crippen LogP contribution in [0.3, 0.4) is 0 Å². The van der Waals surface area contributed by atoms with E-state index < -0.39 is 0 Å². The fraction of sp³-hybridized carbons (Fsp3) is 0.278. The number of nitrogens with zero attached hydrogens (tertiary/aromatic N) is 3. The first-order valence-corrected chi connectivity index (χ1v) is 8.36. The zero-order valence-electron chi connectivity index (χ0n) is 14.6. The molecular formula is C18H20N4O4. The average Bonchev–Trinajstić information content (AvgIpc) is 2.94. The molecule has 0 fully saturated rings. The van der Waals surface area contributed by atoms with Crippen molar-refractivity contribution in [2.45, 2.75) is 20.4 Å². The summed E-state index contributed by atoms with van der Waals surface area (Å²) in [5.74, 6) is 0.771. The quantitative estimate of drug-likeness (QED) is 0.699. The van der Waals surface area contributed by atoms with Crippen molar-refractivity contribution >= 4 is 17.2 Å². The van der Waals surface area contributed by atoms with Gasteiger partial charge in [-0.1, -0.05) is 6.07 Å². The highest BCUT2D eigenvalue weighted by Crippen LogP contribution is 2.29. The smallest absolute Gasteiger partial charge is 0.350 e. The number of rotatable bonds is 7. The molecule has 0 saturated heterocycles. The molecule has 0 aliphatic carbocycles. The molecule has 8 nitrogen and oxygen atoms in total. The first-order chi connectivity index (χ1) is 12.6. The van der Waals surface area contributed by atoms with E-state index in [9.17, 15) is 9.59 Å². The lowest BCUT2D eigenvalue weighted by Gasteiger charge is -2.13. The molecule has 2 heterocycles. The van der Waals surface area contributed by atoms with Crippen molar-refractivity contribution in [2.75, 3.05) is 18.5 Å². The predicted molar refractivity (Wildman–Crippen MR) is 96.9 cm³/mol. The van der Waals surface area contributed by atoms with Gasteiger partial charge in [-0.3, -0.25) is 9.20 Å². The van der Waals surface area contributed by atoms with Crippen LogP contribution in [-0.2, 0) is 11.3 Å². The van der Waals surface area contributed by atoms with Gasteiger partial charge in [0, 0.05) is 12.3 Å². The molecule has 0 aliphatic rings. The lowest BCUT2D eigenvalue weighted by molar-refractivity contribution is -0.117. The van der Waals surface area contributed by atoms with Crippen LogP contribution in [0, 0.1) is 0 Å². The number of carbonyl (C=O) groups excluding carboxylic acids is 1. The Hall–Kier alpha value is -3.29. The Morgan fingerprint density at radius 3 is 2.69 bits per heavy atom. The first kappa shape index (κ1) is 17.5. The van der Waals surface area contributed by atoms with Gasteiger partial charge in [0.15, 0.2) is 5.65 Å². The second kappa shape index (κ2) is 7.73. The third-order valence-corrected chi connectivity index (χ3v) is 3.62. The van der Waals surface area contributed by atoms with Gasteiger partial charge in [0.25, 0.3) is 0 Å². The van der Waals surface area contributed by atoms with Crippen LogP contribution in [0.1, 0.15) is 13.8 Å². The Morgan fingerprint density at radius 2 is 1.96 bits per heavy atom. The molecule has 8 heteroatoms. The van der Waals surface area contributed by atoms with Crippen LogP contribution in [0.15, 0.2) is 47.4 Å². The van der Waals surface area contributed by atoms with Crippen molar-refractivity contribution in [1.29, 1.82) is 0 Å². The second-order valence-corrected chi connectivity index (χ2v) is 5.44. The highest BCUT2D eigenvalue weighted by molar-refractivity contribution is 5.92. The molecule has 0 radical (unpaired) electrons. The van der Waals surface area contributed by atoms with Crippen LogP contribution in [0.2, 0.25) is 0 Å². The molecular weight excluding hydrogens is 336 g/mol. The van der Waals surface area contributed by atoms with Gasteiger partial charge in [-0.05, 0) is 38.1 Å². The fourth-order valence-electron chi connectivity index (χ4n) is 2.54. The average molecular weight is 356 g/mol. The van der Waals surface area contributed by atoms with Crippen molar-refractivity contribution in [3.05, 3.63) is 53.1 Å². The van der Waals surface area contributed by atoms with E-state index in [1.807, 2.05) is 13.8 Å². The summed E-state index contributed by atoms with van der Waals surface area (Å²) in [4.78, 5) is 24.7. The standard InChI is InChI=1S/C18H20N4O4/c1-3-25-13-8-9-15(26-4-2)14(11-13)19-17(23)12-22-18(24)21-10-6-5-7-16(21)20-22/h5-11H,3-4,12H2,1-2H3,(H,19,23). The number of benzene rings is 1. The highest BCUT2D eigenvalue weighted by atomic mass is 16.5. The summed E-state index contributed by atoms with van der Waals surface area (Å²) in [6.07, 6.45) is 1.61. The van der Waals surface area contributed by atoms with E-state index in [0.29, 0.717) is 36.0 Å². The number of aromatic nitrogens is 3. The third kappa shape index (κ3) is 3.69. The van der Waals surface area contributed by atoms with Gasteiger partial charge in [-0.2, -0.15) is 0 Å². The Bertz CT molecular complexity index is 977. The summed E-state index contributed by atoms with van der Waals surface area (Å²) < 4.78 is 13.5. The molecule has 1 aromatic carbocycles. The van der Waals surface area contributed by atoms with Crippen molar-refractivity contribution in [3.63, 3.8) is 0 Å². The molecule has 0 spiro atoms. The zero-order valence-corrected chi connectivity index (χ0v) is 14.6. The Kier molecular flexibility index (Phi) is 5.21. The summed E-state index contributed by atoms with van der Waals surface area (Å²) in [5.41, 5.74) is 0.599. The summed E-state index contributed by atoms with van der Waals surface area (Å²) in [6.45, 7) is 4.51. The van der Waals surface area contributed by atoms with Crippen molar-refractivity contribution in [3.8, 4) is 11.5 Å². The molecule has 0 atom stereocenters. The normalized spacial score (nSPS) is 10.7. The molecule has 136 valence electrons. The van der Waals surface area contributed by atoms with Gasteiger partial charge < -0.3 is 14.8 Å². The minimum atomic E-state index is -0.384. The van der Waals surface area contributed by atoms with Crippen LogP contribution >= 0.6 is 0 Å². The number of ether oxygens (including phenoxy) is 2. The number of hydrogen-bond acceptors (Lipinski definition) is 5. The predicted octanol–water partition coefficient (Wildman–Crippen LogP) is 1.93. The topological polar surface area (TPSA) is 86.9 Å². The SMILES string of the molecule is CCOc1ccc(OCC)c(NC(=O)Cn2nc3ccccn3c2=O)c1. The van der Waals surface area contributed by atoms with Gasteiger partial charge in [0.05, 0.1) is 18.9 Å². The number of anilines is 1. The molecule has 0 bridgehead atoms.